The smallest absolute Gasteiger partial charge is 0.146 e. The van der Waals surface area contributed by atoms with Crippen molar-refractivity contribution in [3.63, 3.8) is 0 Å². The van der Waals surface area contributed by atoms with Gasteiger partial charge in [-0.15, -0.1) is 0 Å². The lowest BCUT2D eigenvalue weighted by molar-refractivity contribution is 0.466. The van der Waals surface area contributed by atoms with Gasteiger partial charge < -0.3 is 9.80 Å². The third-order valence-corrected chi connectivity index (χ3v) is 4.39. The molecule has 1 aliphatic rings. The number of hydrogen-bond acceptors (Lipinski definition) is 6. The molecule has 0 unspecified atom stereocenters. The second kappa shape index (κ2) is 7.35. The molecule has 1 aliphatic heterocycles. The van der Waals surface area contributed by atoms with Gasteiger partial charge in [0.1, 0.15) is 18.0 Å². The first-order valence-corrected chi connectivity index (χ1v) is 8.21. The summed E-state index contributed by atoms with van der Waals surface area (Å²) in [6.07, 6.45) is 11.8. The molecule has 2 aromatic heterocycles. The van der Waals surface area contributed by atoms with Gasteiger partial charge in [0.2, 0.25) is 0 Å². The van der Waals surface area contributed by atoms with Crippen LogP contribution in [0.15, 0.2) is 31.0 Å². The van der Waals surface area contributed by atoms with E-state index in [2.05, 4.69) is 24.8 Å². The lowest BCUT2D eigenvalue weighted by atomic mass is 9.95. The molecule has 0 spiro atoms. The molecule has 1 saturated heterocycles. The average molecular weight is 312 g/mol. The van der Waals surface area contributed by atoms with Crippen molar-refractivity contribution in [2.75, 3.05) is 37.0 Å². The quantitative estimate of drug-likeness (QED) is 0.862. The van der Waals surface area contributed by atoms with Gasteiger partial charge in [-0.1, -0.05) is 0 Å². The molecule has 0 N–H and O–H groups in total. The number of nitrogens with zero attached hydrogens (tertiary/aromatic N) is 6. The highest BCUT2D eigenvalue weighted by atomic mass is 15.2. The first kappa shape index (κ1) is 15.6. The van der Waals surface area contributed by atoms with Crippen molar-refractivity contribution < 1.29 is 0 Å². The summed E-state index contributed by atoms with van der Waals surface area (Å²) < 4.78 is 0. The zero-order valence-electron chi connectivity index (χ0n) is 13.9. The van der Waals surface area contributed by atoms with E-state index in [1.807, 2.05) is 43.7 Å². The second-order valence-electron chi connectivity index (χ2n) is 6.32. The minimum Gasteiger partial charge on any atom is -0.361 e. The fourth-order valence-electron chi connectivity index (χ4n) is 3.05. The zero-order chi connectivity index (χ0) is 16.1. The summed E-state index contributed by atoms with van der Waals surface area (Å²) >= 11 is 0. The van der Waals surface area contributed by atoms with Crippen LogP contribution in [0.5, 0.6) is 0 Å². The van der Waals surface area contributed by atoms with E-state index in [0.29, 0.717) is 5.92 Å². The maximum Gasteiger partial charge on any atom is 0.146 e. The lowest BCUT2D eigenvalue weighted by Gasteiger charge is -2.21. The Balaban J connectivity index is 1.58. The number of anilines is 2. The van der Waals surface area contributed by atoms with Crippen LogP contribution in [0, 0.1) is 5.92 Å². The van der Waals surface area contributed by atoms with E-state index < -0.39 is 0 Å². The fraction of sp³-hybridized carbons (Fsp3) is 0.529. The van der Waals surface area contributed by atoms with Crippen molar-refractivity contribution in [1.82, 2.24) is 19.9 Å². The Hall–Kier alpha value is -2.24. The number of rotatable bonds is 4. The molecule has 122 valence electrons. The largest absolute Gasteiger partial charge is 0.361 e. The van der Waals surface area contributed by atoms with Crippen LogP contribution in [0.2, 0.25) is 0 Å². The molecule has 3 heterocycles. The molecular weight excluding hydrogens is 288 g/mol. The van der Waals surface area contributed by atoms with E-state index >= 15 is 0 Å². The monoisotopic (exact) mass is 312 g/mol. The Morgan fingerprint density at radius 1 is 1.13 bits per heavy atom. The fourth-order valence-corrected chi connectivity index (χ4v) is 3.05. The normalized spacial score (nSPS) is 18.5. The van der Waals surface area contributed by atoms with Gasteiger partial charge in [-0.25, -0.2) is 15.0 Å². The first-order valence-electron chi connectivity index (χ1n) is 8.21. The van der Waals surface area contributed by atoms with Crippen LogP contribution in [-0.2, 0) is 6.42 Å². The highest BCUT2D eigenvalue weighted by Crippen LogP contribution is 2.23. The van der Waals surface area contributed by atoms with Crippen LogP contribution in [0.3, 0.4) is 0 Å². The third kappa shape index (κ3) is 4.15. The summed E-state index contributed by atoms with van der Waals surface area (Å²) in [6, 6.07) is 1.99. The molecule has 23 heavy (non-hydrogen) atoms. The van der Waals surface area contributed by atoms with Crippen LogP contribution >= 0.6 is 0 Å². The Labute approximate surface area is 137 Å². The zero-order valence-corrected chi connectivity index (χ0v) is 13.9. The summed E-state index contributed by atoms with van der Waals surface area (Å²) in [7, 11) is 3.97. The van der Waals surface area contributed by atoms with Crippen molar-refractivity contribution in [1.29, 1.82) is 0 Å². The standard InChI is InChI=1S/C17H24N6/c1-22(2)17-12-19-15(11-20-17)10-14-4-3-8-23(9-6-14)16-5-7-18-13-21-16/h5,7,11-14H,3-4,6,8-10H2,1-2H3/t14-/m1/s1. The Bertz CT molecular complexity index is 598. The molecule has 0 bridgehead atoms. The van der Waals surface area contributed by atoms with Gasteiger partial charge >= 0.3 is 0 Å². The van der Waals surface area contributed by atoms with Crippen LogP contribution in [0.4, 0.5) is 11.6 Å². The van der Waals surface area contributed by atoms with Crippen molar-refractivity contribution in [2.45, 2.75) is 25.7 Å². The van der Waals surface area contributed by atoms with Crippen molar-refractivity contribution >= 4 is 11.6 Å². The van der Waals surface area contributed by atoms with E-state index in [4.69, 9.17) is 0 Å². The van der Waals surface area contributed by atoms with Crippen LogP contribution in [0.25, 0.3) is 0 Å². The van der Waals surface area contributed by atoms with Crippen LogP contribution in [0.1, 0.15) is 25.0 Å². The SMILES string of the molecule is CN(C)c1cnc(C[C@@H]2CCCN(c3ccncn3)CC2)cn1. The minimum absolute atomic E-state index is 0.668. The van der Waals surface area contributed by atoms with Crippen molar-refractivity contribution in [2.24, 2.45) is 5.92 Å². The summed E-state index contributed by atoms with van der Waals surface area (Å²) in [5, 5.41) is 0. The molecule has 1 fully saturated rings. The molecule has 0 saturated carbocycles. The summed E-state index contributed by atoms with van der Waals surface area (Å²) in [6.45, 7) is 2.11. The molecule has 1 atom stereocenters. The van der Waals surface area contributed by atoms with E-state index in [1.54, 1.807) is 6.33 Å². The van der Waals surface area contributed by atoms with Gasteiger partial charge in [-0.05, 0) is 37.7 Å². The summed E-state index contributed by atoms with van der Waals surface area (Å²) in [5.41, 5.74) is 1.09. The van der Waals surface area contributed by atoms with E-state index in [0.717, 1.165) is 36.8 Å². The van der Waals surface area contributed by atoms with Gasteiger partial charge in [0.25, 0.3) is 0 Å². The molecule has 0 amide bonds. The first-order chi connectivity index (χ1) is 11.2. The van der Waals surface area contributed by atoms with Crippen LogP contribution < -0.4 is 9.80 Å². The summed E-state index contributed by atoms with van der Waals surface area (Å²) in [4.78, 5) is 21.7. The third-order valence-electron chi connectivity index (χ3n) is 4.39. The second-order valence-corrected chi connectivity index (χ2v) is 6.32. The summed E-state index contributed by atoms with van der Waals surface area (Å²) in [5.74, 6) is 2.61. The Kier molecular flexibility index (Phi) is 5.00. The maximum absolute atomic E-state index is 4.56. The number of aromatic nitrogens is 4. The lowest BCUT2D eigenvalue weighted by Crippen LogP contribution is -2.25. The highest BCUT2D eigenvalue weighted by molar-refractivity contribution is 5.36. The topological polar surface area (TPSA) is 58.0 Å². The predicted molar refractivity (Wildman–Crippen MR) is 91.6 cm³/mol. The molecule has 3 rings (SSSR count). The maximum atomic E-state index is 4.56. The van der Waals surface area contributed by atoms with E-state index in [9.17, 15) is 0 Å². The van der Waals surface area contributed by atoms with Gasteiger partial charge in [-0.3, -0.25) is 4.98 Å². The molecule has 6 heteroatoms. The highest BCUT2D eigenvalue weighted by Gasteiger charge is 2.19. The van der Waals surface area contributed by atoms with Gasteiger partial charge in [-0.2, -0.15) is 0 Å². The molecule has 0 aliphatic carbocycles. The molecule has 2 aromatic rings. The minimum atomic E-state index is 0.668. The average Bonchev–Trinajstić information content (AvgIpc) is 2.82. The number of hydrogen-bond donors (Lipinski definition) is 0. The molecular formula is C17H24N6. The Morgan fingerprint density at radius 3 is 2.74 bits per heavy atom. The molecule has 6 nitrogen and oxygen atoms in total. The van der Waals surface area contributed by atoms with Gasteiger partial charge in [0.05, 0.1) is 18.1 Å². The van der Waals surface area contributed by atoms with E-state index in [1.165, 1.54) is 19.3 Å². The predicted octanol–water partition coefficient (Wildman–Crippen LogP) is 2.18. The Morgan fingerprint density at radius 2 is 2.04 bits per heavy atom. The van der Waals surface area contributed by atoms with Crippen LogP contribution in [-0.4, -0.2) is 47.1 Å². The van der Waals surface area contributed by atoms with Gasteiger partial charge in [0.15, 0.2) is 0 Å². The van der Waals surface area contributed by atoms with E-state index in [-0.39, 0.29) is 0 Å². The molecule has 0 radical (unpaired) electrons. The van der Waals surface area contributed by atoms with Gasteiger partial charge in [0, 0.05) is 33.4 Å². The van der Waals surface area contributed by atoms with Crippen molar-refractivity contribution in [3.05, 3.63) is 36.7 Å². The molecule has 0 aromatic carbocycles. The van der Waals surface area contributed by atoms with Crippen molar-refractivity contribution in [3.8, 4) is 0 Å².